The van der Waals surface area contributed by atoms with Gasteiger partial charge in [-0.25, -0.2) is 19.9 Å². The molecule has 0 saturated carbocycles. The zero-order valence-electron chi connectivity index (χ0n) is 18.6. The quantitative estimate of drug-likeness (QED) is 0.326. The topological polar surface area (TPSA) is 79.8 Å². The fourth-order valence-corrected chi connectivity index (χ4v) is 4.09. The summed E-state index contributed by atoms with van der Waals surface area (Å²) in [4.78, 5) is 18.9. The minimum atomic E-state index is 0.374. The van der Waals surface area contributed by atoms with Crippen LogP contribution in [0.3, 0.4) is 0 Å². The first-order valence-electron chi connectivity index (χ1n) is 11.1. The Morgan fingerprint density at radius 2 is 1.09 bits per heavy atom. The first kappa shape index (κ1) is 20.5. The Morgan fingerprint density at radius 3 is 1.71 bits per heavy atom. The molecule has 0 radical (unpaired) electrons. The number of hydrogen-bond donors (Lipinski definition) is 0. The number of pyridine rings is 1. The lowest BCUT2D eigenvalue weighted by Gasteiger charge is -2.09. The van der Waals surface area contributed by atoms with E-state index in [0.29, 0.717) is 23.2 Å². The van der Waals surface area contributed by atoms with Crippen molar-refractivity contribution in [2.24, 2.45) is 0 Å². The number of benzene rings is 3. The largest absolute Gasteiger partial charge is 0.298 e. The third kappa shape index (κ3) is 3.81. The number of hydrogen-bond acceptors (Lipinski definition) is 5. The molecule has 6 aromatic rings. The van der Waals surface area contributed by atoms with Crippen molar-refractivity contribution in [3.8, 4) is 51.5 Å². The summed E-state index contributed by atoms with van der Waals surface area (Å²) in [6, 6.07) is 35.6. The van der Waals surface area contributed by atoms with Gasteiger partial charge in [-0.15, -0.1) is 0 Å². The molecule has 0 N–H and O–H groups in total. The molecular weight excluding hydrogens is 432 g/mol. The summed E-state index contributed by atoms with van der Waals surface area (Å²) in [7, 11) is 0. The maximum atomic E-state index is 9.73. The van der Waals surface area contributed by atoms with E-state index in [9.17, 15) is 5.26 Å². The lowest BCUT2D eigenvalue weighted by molar-refractivity contribution is 1.07. The molecule has 6 heteroatoms. The number of rotatable bonds is 4. The van der Waals surface area contributed by atoms with Gasteiger partial charge in [-0.1, -0.05) is 84.9 Å². The Morgan fingerprint density at radius 1 is 0.543 bits per heavy atom. The second-order valence-electron chi connectivity index (χ2n) is 7.97. The van der Waals surface area contributed by atoms with Gasteiger partial charge in [0.05, 0.1) is 5.69 Å². The Hall–Kier alpha value is -5.15. The van der Waals surface area contributed by atoms with Crippen molar-refractivity contribution in [3.63, 3.8) is 0 Å². The van der Waals surface area contributed by atoms with Crippen molar-refractivity contribution >= 4 is 5.65 Å². The molecule has 0 bridgehead atoms. The number of nitrogens with zero attached hydrogens (tertiary/aromatic N) is 6. The van der Waals surface area contributed by atoms with Gasteiger partial charge in [-0.2, -0.15) is 5.26 Å². The Balaban J connectivity index is 1.54. The van der Waals surface area contributed by atoms with Gasteiger partial charge < -0.3 is 0 Å². The SMILES string of the molecule is N#Cc1nc2ccccn2c1-c1cccc(-c2nc(-c3ccccc3)nc(-c3ccccc3)n2)c1. The summed E-state index contributed by atoms with van der Waals surface area (Å²) in [5, 5.41) is 9.73. The summed E-state index contributed by atoms with van der Waals surface area (Å²) in [5.41, 5.74) is 5.36. The van der Waals surface area contributed by atoms with E-state index in [-0.39, 0.29) is 0 Å². The summed E-state index contributed by atoms with van der Waals surface area (Å²) < 4.78 is 1.93. The van der Waals surface area contributed by atoms with Crippen LogP contribution >= 0.6 is 0 Å². The summed E-state index contributed by atoms with van der Waals surface area (Å²) >= 11 is 0. The van der Waals surface area contributed by atoms with Gasteiger partial charge in [0.15, 0.2) is 23.2 Å². The van der Waals surface area contributed by atoms with Crippen molar-refractivity contribution in [1.29, 1.82) is 5.26 Å². The molecule has 3 aromatic carbocycles. The summed E-state index contributed by atoms with van der Waals surface area (Å²) in [6.07, 6.45) is 1.91. The van der Waals surface area contributed by atoms with Gasteiger partial charge in [0.1, 0.15) is 11.7 Å². The molecule has 0 spiro atoms. The van der Waals surface area contributed by atoms with Gasteiger partial charge in [0, 0.05) is 28.5 Å². The lowest BCUT2D eigenvalue weighted by Crippen LogP contribution is -2.00. The van der Waals surface area contributed by atoms with E-state index in [2.05, 4.69) is 11.1 Å². The van der Waals surface area contributed by atoms with Gasteiger partial charge in [-0.3, -0.25) is 4.40 Å². The fraction of sp³-hybridized carbons (Fsp3) is 0. The Labute approximate surface area is 201 Å². The molecule has 0 amide bonds. The van der Waals surface area contributed by atoms with Crippen LogP contribution in [0.15, 0.2) is 109 Å². The molecule has 0 aliphatic rings. The third-order valence-electron chi connectivity index (χ3n) is 5.73. The number of nitriles is 1. The summed E-state index contributed by atoms with van der Waals surface area (Å²) in [5.74, 6) is 1.77. The average Bonchev–Trinajstić information content (AvgIpc) is 3.33. The van der Waals surface area contributed by atoms with Crippen molar-refractivity contribution in [2.75, 3.05) is 0 Å². The van der Waals surface area contributed by atoms with Crippen LogP contribution in [0.4, 0.5) is 0 Å². The van der Waals surface area contributed by atoms with Crippen LogP contribution in [0.5, 0.6) is 0 Å². The van der Waals surface area contributed by atoms with Gasteiger partial charge in [0.25, 0.3) is 0 Å². The number of fused-ring (bicyclic) bond motifs is 1. The molecule has 0 aliphatic carbocycles. The highest BCUT2D eigenvalue weighted by atomic mass is 15.0. The van der Waals surface area contributed by atoms with E-state index in [4.69, 9.17) is 15.0 Å². The Kier molecular flexibility index (Phi) is 5.06. The van der Waals surface area contributed by atoms with Gasteiger partial charge in [-0.05, 0) is 18.2 Å². The standard InChI is InChI=1S/C29H18N6/c30-19-24-26(35-17-8-7-16-25(35)31-24)22-14-9-15-23(18-22)29-33-27(20-10-3-1-4-11-20)32-28(34-29)21-12-5-2-6-13-21/h1-18H. The highest BCUT2D eigenvalue weighted by Gasteiger charge is 2.16. The molecule has 3 heterocycles. The van der Waals surface area contributed by atoms with Crippen molar-refractivity contribution in [1.82, 2.24) is 24.3 Å². The van der Waals surface area contributed by atoms with Crippen molar-refractivity contribution in [2.45, 2.75) is 0 Å². The minimum Gasteiger partial charge on any atom is -0.298 e. The van der Waals surface area contributed by atoms with Crippen molar-refractivity contribution < 1.29 is 0 Å². The number of imidazole rings is 1. The maximum absolute atomic E-state index is 9.73. The summed E-state index contributed by atoms with van der Waals surface area (Å²) in [6.45, 7) is 0. The highest BCUT2D eigenvalue weighted by molar-refractivity contribution is 5.75. The zero-order valence-corrected chi connectivity index (χ0v) is 18.6. The molecular formula is C29H18N6. The molecule has 164 valence electrons. The molecule has 6 rings (SSSR count). The Bertz CT molecular complexity index is 1640. The lowest BCUT2D eigenvalue weighted by atomic mass is 10.1. The second kappa shape index (κ2) is 8.65. The van der Waals surface area contributed by atoms with Gasteiger partial charge in [0.2, 0.25) is 0 Å². The van der Waals surface area contributed by atoms with Crippen LogP contribution in [0.2, 0.25) is 0 Å². The smallest absolute Gasteiger partial charge is 0.167 e. The van der Waals surface area contributed by atoms with Crippen LogP contribution in [-0.2, 0) is 0 Å². The average molecular weight is 451 g/mol. The molecule has 35 heavy (non-hydrogen) atoms. The first-order valence-corrected chi connectivity index (χ1v) is 11.1. The van der Waals surface area contributed by atoms with Crippen LogP contribution in [0, 0.1) is 11.3 Å². The fourth-order valence-electron chi connectivity index (χ4n) is 4.09. The van der Waals surface area contributed by atoms with Crippen LogP contribution in [0.25, 0.3) is 51.1 Å². The van der Waals surface area contributed by atoms with Crippen LogP contribution in [-0.4, -0.2) is 24.3 Å². The monoisotopic (exact) mass is 450 g/mol. The molecule has 0 unspecified atom stereocenters. The molecule has 3 aromatic heterocycles. The number of aromatic nitrogens is 5. The van der Waals surface area contributed by atoms with E-state index in [1.54, 1.807) is 0 Å². The third-order valence-corrected chi connectivity index (χ3v) is 5.73. The second-order valence-corrected chi connectivity index (χ2v) is 7.97. The van der Waals surface area contributed by atoms with E-state index in [1.807, 2.05) is 114 Å². The van der Waals surface area contributed by atoms with E-state index in [1.165, 1.54) is 0 Å². The highest BCUT2D eigenvalue weighted by Crippen LogP contribution is 2.30. The van der Waals surface area contributed by atoms with E-state index >= 15 is 0 Å². The molecule has 0 saturated heterocycles. The molecule has 6 nitrogen and oxygen atoms in total. The zero-order chi connectivity index (χ0) is 23.6. The minimum absolute atomic E-state index is 0.374. The van der Waals surface area contributed by atoms with E-state index in [0.717, 1.165) is 33.6 Å². The van der Waals surface area contributed by atoms with Crippen LogP contribution < -0.4 is 0 Å². The molecule has 0 aliphatic heterocycles. The predicted molar refractivity (Wildman–Crippen MR) is 135 cm³/mol. The molecule has 0 atom stereocenters. The van der Waals surface area contributed by atoms with Crippen molar-refractivity contribution in [3.05, 3.63) is 115 Å². The predicted octanol–water partition coefficient (Wildman–Crippen LogP) is 6.06. The maximum Gasteiger partial charge on any atom is 0.167 e. The first-order chi connectivity index (χ1) is 17.3. The normalized spacial score (nSPS) is 10.8. The van der Waals surface area contributed by atoms with Crippen LogP contribution in [0.1, 0.15) is 5.69 Å². The molecule has 0 fully saturated rings. The van der Waals surface area contributed by atoms with E-state index < -0.39 is 0 Å². The van der Waals surface area contributed by atoms with Gasteiger partial charge >= 0.3 is 0 Å².